The summed E-state index contributed by atoms with van der Waals surface area (Å²) in [5, 5.41) is 12.7. The van der Waals surface area contributed by atoms with Gasteiger partial charge in [-0.05, 0) is 47.8 Å². The Bertz CT molecular complexity index is 1070. The van der Waals surface area contributed by atoms with Gasteiger partial charge in [-0.1, -0.05) is 33.6 Å². The minimum absolute atomic E-state index is 0.279. The highest BCUT2D eigenvalue weighted by Gasteiger charge is 2.19. The Morgan fingerprint density at radius 2 is 1.69 bits per heavy atom. The summed E-state index contributed by atoms with van der Waals surface area (Å²) in [5.41, 5.74) is 2.48. The first-order valence-corrected chi connectivity index (χ1v) is 9.17. The molecule has 0 saturated carbocycles. The van der Waals surface area contributed by atoms with Crippen LogP contribution in [0.4, 0.5) is 0 Å². The molecule has 0 amide bonds. The van der Waals surface area contributed by atoms with E-state index >= 15 is 0 Å². The van der Waals surface area contributed by atoms with Gasteiger partial charge in [-0.25, -0.2) is 0 Å². The van der Waals surface area contributed by atoms with Gasteiger partial charge in [0, 0.05) is 30.2 Å². The summed E-state index contributed by atoms with van der Waals surface area (Å²) in [6, 6.07) is 17.7. The van der Waals surface area contributed by atoms with Crippen molar-refractivity contribution >= 4 is 21.7 Å². The van der Waals surface area contributed by atoms with Crippen molar-refractivity contribution in [3.05, 3.63) is 72.7 Å². The van der Waals surface area contributed by atoms with Crippen LogP contribution in [-0.2, 0) is 6.42 Å². The van der Waals surface area contributed by atoms with Crippen molar-refractivity contribution in [1.29, 1.82) is 0 Å². The minimum Gasteiger partial charge on any atom is -0.0879 e. The van der Waals surface area contributed by atoms with Crippen LogP contribution in [0.25, 0.3) is 21.7 Å². The Hall–Kier alpha value is -2.88. The van der Waals surface area contributed by atoms with E-state index in [0.29, 0.717) is 6.04 Å². The topological polar surface area (TPSA) is 33.5 Å². The maximum Gasteiger partial charge on any atom is 0.239 e. The van der Waals surface area contributed by atoms with E-state index in [1.54, 1.807) is 0 Å². The fourth-order valence-electron chi connectivity index (χ4n) is 3.44. The molecule has 0 radical (unpaired) electrons. The molecule has 2 aromatic carbocycles. The highest BCUT2D eigenvalue weighted by Crippen LogP contribution is 2.17. The predicted molar refractivity (Wildman–Crippen MR) is 103 cm³/mol. The van der Waals surface area contributed by atoms with Gasteiger partial charge >= 0.3 is 0 Å². The number of nitrogens with zero attached hydrogens (tertiary/aromatic N) is 4. The lowest BCUT2D eigenvalue weighted by molar-refractivity contribution is -0.773. The molecule has 4 heteroatoms. The summed E-state index contributed by atoms with van der Waals surface area (Å²) < 4.78 is 4.15. The van der Waals surface area contributed by atoms with Crippen LogP contribution in [0.5, 0.6) is 0 Å². The molecule has 1 unspecified atom stereocenters. The van der Waals surface area contributed by atoms with Gasteiger partial charge in [-0.15, -0.1) is 0 Å². The molecule has 26 heavy (non-hydrogen) atoms. The second kappa shape index (κ2) is 6.79. The monoisotopic (exact) mass is 344 g/mol. The van der Waals surface area contributed by atoms with Gasteiger partial charge in [-0.2, -0.15) is 0 Å². The molecular weight excluding hydrogens is 320 g/mol. The zero-order chi connectivity index (χ0) is 18.1. The van der Waals surface area contributed by atoms with Crippen molar-refractivity contribution < 1.29 is 9.36 Å². The van der Waals surface area contributed by atoms with Crippen molar-refractivity contribution in [2.24, 2.45) is 0 Å². The third-order valence-corrected chi connectivity index (χ3v) is 4.86. The lowest BCUT2D eigenvalue weighted by atomic mass is 10.0. The molecule has 0 bridgehead atoms. The predicted octanol–water partition coefficient (Wildman–Crippen LogP) is 3.74. The molecule has 0 spiro atoms. The highest BCUT2D eigenvalue weighted by atomic mass is 15.3. The molecule has 2 heterocycles. The van der Waals surface area contributed by atoms with E-state index < -0.39 is 0 Å². The van der Waals surface area contributed by atoms with Gasteiger partial charge in [0.25, 0.3) is 0 Å². The van der Waals surface area contributed by atoms with Crippen molar-refractivity contribution in [2.75, 3.05) is 0 Å². The van der Waals surface area contributed by atoms with Crippen LogP contribution >= 0.6 is 0 Å². The van der Waals surface area contributed by atoms with Crippen molar-refractivity contribution in [2.45, 2.75) is 39.3 Å². The fraction of sp³-hybridized carbons (Fsp3) is 0.273. The Balaban J connectivity index is 1.66. The van der Waals surface area contributed by atoms with Gasteiger partial charge in [0.05, 0.1) is 11.6 Å². The maximum atomic E-state index is 4.61. The normalized spacial score (nSPS) is 12.8. The quantitative estimate of drug-likeness (QED) is 0.528. The summed E-state index contributed by atoms with van der Waals surface area (Å²) in [7, 11) is 0. The van der Waals surface area contributed by atoms with Crippen molar-refractivity contribution in [1.82, 2.24) is 10.2 Å². The highest BCUT2D eigenvalue weighted by molar-refractivity contribution is 5.79. The van der Waals surface area contributed by atoms with Crippen LogP contribution in [0.1, 0.15) is 38.4 Å². The molecular formula is C22H24N4+2. The number of rotatable bonds is 4. The van der Waals surface area contributed by atoms with Gasteiger partial charge in [0.1, 0.15) is 6.20 Å². The molecule has 4 rings (SSSR count). The Labute approximate surface area is 153 Å². The fourth-order valence-corrected chi connectivity index (χ4v) is 3.44. The standard InChI is InChI=1S/C22H24N4/c1-16(2)26-22-13-18(8-9-19(22)10-11-23-26)12-17(3)25-15-21-7-5-4-6-20(21)14-24-25/h4-11,13-17H,12H2,1-3H3/q+2. The Morgan fingerprint density at radius 3 is 2.50 bits per heavy atom. The summed E-state index contributed by atoms with van der Waals surface area (Å²) in [5.74, 6) is 0. The van der Waals surface area contributed by atoms with Gasteiger partial charge in [0.15, 0.2) is 12.1 Å². The average molecular weight is 344 g/mol. The zero-order valence-electron chi connectivity index (χ0n) is 15.5. The van der Waals surface area contributed by atoms with Gasteiger partial charge in [-0.3, -0.25) is 0 Å². The first-order valence-electron chi connectivity index (χ1n) is 9.17. The van der Waals surface area contributed by atoms with Gasteiger partial charge < -0.3 is 0 Å². The summed E-state index contributed by atoms with van der Waals surface area (Å²) in [4.78, 5) is 0. The van der Waals surface area contributed by atoms with E-state index in [0.717, 1.165) is 6.42 Å². The SMILES string of the molecule is CC(Cc1ccc2ccn[n+](C(C)C)c2c1)[n+]1cc2ccccc2cn1. The summed E-state index contributed by atoms with van der Waals surface area (Å²) in [6.07, 6.45) is 6.89. The molecule has 0 N–H and O–H groups in total. The summed E-state index contributed by atoms with van der Waals surface area (Å²) in [6.45, 7) is 6.54. The Kier molecular flexibility index (Phi) is 4.33. The average Bonchev–Trinajstić information content (AvgIpc) is 2.67. The van der Waals surface area contributed by atoms with Crippen LogP contribution in [0.3, 0.4) is 0 Å². The number of benzene rings is 2. The van der Waals surface area contributed by atoms with Crippen molar-refractivity contribution in [3.63, 3.8) is 0 Å². The molecule has 2 aromatic heterocycles. The Morgan fingerprint density at radius 1 is 0.885 bits per heavy atom. The second-order valence-corrected chi connectivity index (χ2v) is 7.20. The molecule has 130 valence electrons. The molecule has 0 fully saturated rings. The number of aromatic nitrogens is 4. The smallest absolute Gasteiger partial charge is 0.0879 e. The first-order chi connectivity index (χ1) is 12.6. The van der Waals surface area contributed by atoms with Crippen LogP contribution in [0.15, 0.2) is 67.1 Å². The molecule has 1 atom stereocenters. The zero-order valence-corrected chi connectivity index (χ0v) is 15.5. The first kappa shape index (κ1) is 16.6. The van der Waals surface area contributed by atoms with E-state index in [1.165, 1.54) is 27.2 Å². The van der Waals surface area contributed by atoms with Crippen molar-refractivity contribution in [3.8, 4) is 0 Å². The largest absolute Gasteiger partial charge is 0.239 e. The molecule has 4 aromatic rings. The van der Waals surface area contributed by atoms with Crippen LogP contribution in [0.2, 0.25) is 0 Å². The van der Waals surface area contributed by atoms with E-state index in [9.17, 15) is 0 Å². The molecule has 0 saturated heterocycles. The van der Waals surface area contributed by atoms with Crippen LogP contribution in [-0.4, -0.2) is 10.2 Å². The molecule has 0 aliphatic heterocycles. The third-order valence-electron chi connectivity index (χ3n) is 4.86. The number of fused-ring (bicyclic) bond motifs is 2. The molecule has 0 aliphatic carbocycles. The van der Waals surface area contributed by atoms with E-state index in [2.05, 4.69) is 89.0 Å². The molecule has 0 aliphatic rings. The van der Waals surface area contributed by atoms with Crippen LogP contribution < -0.4 is 9.36 Å². The lowest BCUT2D eigenvalue weighted by Gasteiger charge is -2.07. The second-order valence-electron chi connectivity index (χ2n) is 7.20. The lowest BCUT2D eigenvalue weighted by Crippen LogP contribution is -2.42. The molecule has 4 nitrogen and oxygen atoms in total. The van der Waals surface area contributed by atoms with Crippen LogP contribution in [0, 0.1) is 0 Å². The van der Waals surface area contributed by atoms with E-state index in [4.69, 9.17) is 0 Å². The number of hydrogen-bond donors (Lipinski definition) is 0. The third kappa shape index (κ3) is 3.15. The van der Waals surface area contributed by atoms with Gasteiger partial charge in [0.2, 0.25) is 11.7 Å². The van der Waals surface area contributed by atoms with E-state index in [-0.39, 0.29) is 6.04 Å². The maximum absolute atomic E-state index is 4.61. The van der Waals surface area contributed by atoms with E-state index in [1.807, 2.05) is 18.5 Å². The minimum atomic E-state index is 0.279. The summed E-state index contributed by atoms with van der Waals surface area (Å²) >= 11 is 0. The number of hydrogen-bond acceptors (Lipinski definition) is 2.